The van der Waals surface area contributed by atoms with Crippen molar-refractivity contribution in [2.24, 2.45) is 0 Å². The van der Waals surface area contributed by atoms with E-state index in [1.165, 1.54) is 29.3 Å². The van der Waals surface area contributed by atoms with Crippen LogP contribution >= 0.6 is 0 Å². The molecule has 3 aromatic rings. The van der Waals surface area contributed by atoms with Crippen molar-refractivity contribution in [3.05, 3.63) is 68.8 Å². The Balaban J connectivity index is 1.62. The van der Waals surface area contributed by atoms with Gasteiger partial charge in [-0.25, -0.2) is 9.67 Å². The fourth-order valence-corrected chi connectivity index (χ4v) is 2.46. The third-order valence-electron chi connectivity index (χ3n) is 4.12. The molecule has 9 nitrogen and oxygen atoms in total. The molecule has 0 saturated carbocycles. The maximum Gasteiger partial charge on any atom is 0.267 e. The van der Waals surface area contributed by atoms with E-state index in [0.717, 1.165) is 4.68 Å². The van der Waals surface area contributed by atoms with Gasteiger partial charge in [-0.2, -0.15) is 5.10 Å². The Morgan fingerprint density at radius 3 is 2.78 bits per heavy atom. The third-order valence-corrected chi connectivity index (χ3v) is 4.12. The number of furan rings is 1. The molecule has 0 aliphatic carbocycles. The van der Waals surface area contributed by atoms with Crippen molar-refractivity contribution < 1.29 is 9.21 Å². The second kappa shape index (κ2) is 7.81. The number of amides is 1. The minimum atomic E-state index is -0.393. The highest BCUT2D eigenvalue weighted by Gasteiger charge is 2.10. The summed E-state index contributed by atoms with van der Waals surface area (Å²) < 4.78 is 7.75. The zero-order valence-electron chi connectivity index (χ0n) is 15.0. The lowest BCUT2D eigenvalue weighted by Gasteiger charge is -2.10. The normalized spacial score (nSPS) is 10.7. The van der Waals surface area contributed by atoms with Crippen LogP contribution < -0.4 is 16.4 Å². The van der Waals surface area contributed by atoms with Gasteiger partial charge in [0.05, 0.1) is 12.6 Å². The first-order valence-corrected chi connectivity index (χ1v) is 8.37. The quantitative estimate of drug-likeness (QED) is 0.677. The highest BCUT2D eigenvalue weighted by molar-refractivity contribution is 5.75. The predicted molar refractivity (Wildman–Crippen MR) is 97.2 cm³/mol. The number of carbonyl (C=O) groups excluding carboxylic acids is 1. The Kier molecular flexibility index (Phi) is 5.30. The van der Waals surface area contributed by atoms with Gasteiger partial charge in [0.15, 0.2) is 5.76 Å². The maximum absolute atomic E-state index is 12.1. The number of aryl methyl sites for hydroxylation is 1. The van der Waals surface area contributed by atoms with E-state index in [9.17, 15) is 14.4 Å². The molecule has 0 bridgehead atoms. The molecule has 0 fully saturated rings. The molecular formula is C18H19N5O4. The topological polar surface area (TPSA) is 112 Å². The summed E-state index contributed by atoms with van der Waals surface area (Å²) in [5, 5.41) is 6.81. The smallest absolute Gasteiger partial charge is 0.267 e. The summed E-state index contributed by atoms with van der Waals surface area (Å²) in [6.45, 7) is 3.77. The van der Waals surface area contributed by atoms with Crippen LogP contribution in [0.25, 0.3) is 11.5 Å². The highest BCUT2D eigenvalue weighted by atomic mass is 16.3. The minimum absolute atomic E-state index is 0.138. The van der Waals surface area contributed by atoms with Gasteiger partial charge in [0.2, 0.25) is 5.91 Å². The van der Waals surface area contributed by atoms with Crippen LogP contribution in [0.15, 0.2) is 50.9 Å². The van der Waals surface area contributed by atoms with Gasteiger partial charge in [-0.3, -0.25) is 19.0 Å². The first kappa shape index (κ1) is 18.3. The first-order chi connectivity index (χ1) is 13.0. The van der Waals surface area contributed by atoms with Crippen molar-refractivity contribution in [3.8, 4) is 11.5 Å². The minimum Gasteiger partial charge on any atom is -0.463 e. The molecule has 0 aliphatic rings. The summed E-state index contributed by atoms with van der Waals surface area (Å²) in [4.78, 5) is 40.3. The van der Waals surface area contributed by atoms with Gasteiger partial charge in [-0.15, -0.1) is 0 Å². The second-order valence-electron chi connectivity index (χ2n) is 6.00. The van der Waals surface area contributed by atoms with Crippen LogP contribution in [0.1, 0.15) is 11.3 Å². The Morgan fingerprint density at radius 1 is 1.22 bits per heavy atom. The van der Waals surface area contributed by atoms with Gasteiger partial charge in [0.25, 0.3) is 11.1 Å². The van der Waals surface area contributed by atoms with E-state index in [2.05, 4.69) is 15.4 Å². The van der Waals surface area contributed by atoms with E-state index in [-0.39, 0.29) is 31.1 Å². The molecule has 3 heterocycles. The molecule has 0 aliphatic heterocycles. The number of carbonyl (C=O) groups is 1. The lowest BCUT2D eigenvalue weighted by atomic mass is 10.3. The molecule has 0 unspecified atom stereocenters. The predicted octanol–water partition coefficient (Wildman–Crippen LogP) is 0.493. The van der Waals surface area contributed by atoms with Gasteiger partial charge in [0, 0.05) is 30.4 Å². The number of hydrogen-bond acceptors (Lipinski definition) is 6. The number of nitrogens with one attached hydrogen (secondary N) is 1. The van der Waals surface area contributed by atoms with E-state index >= 15 is 0 Å². The van der Waals surface area contributed by atoms with Crippen LogP contribution in [0.3, 0.4) is 0 Å². The molecule has 9 heteroatoms. The lowest BCUT2D eigenvalue weighted by Crippen LogP contribution is -2.36. The van der Waals surface area contributed by atoms with Crippen molar-refractivity contribution in [2.75, 3.05) is 6.54 Å². The maximum atomic E-state index is 12.1. The summed E-state index contributed by atoms with van der Waals surface area (Å²) in [6.07, 6.45) is 2.96. The molecular weight excluding hydrogens is 350 g/mol. The highest BCUT2D eigenvalue weighted by Crippen LogP contribution is 2.14. The van der Waals surface area contributed by atoms with Crippen molar-refractivity contribution in [1.29, 1.82) is 0 Å². The van der Waals surface area contributed by atoms with E-state index < -0.39 is 5.56 Å². The number of rotatable bonds is 6. The van der Waals surface area contributed by atoms with Crippen molar-refractivity contribution in [1.82, 2.24) is 24.6 Å². The van der Waals surface area contributed by atoms with Crippen LogP contribution in [-0.4, -0.2) is 31.8 Å². The molecule has 1 N–H and O–H groups in total. The van der Waals surface area contributed by atoms with Crippen molar-refractivity contribution in [2.45, 2.75) is 26.9 Å². The molecule has 3 rings (SSSR count). The number of hydrogen-bond donors (Lipinski definition) is 1. The largest absolute Gasteiger partial charge is 0.463 e. The van der Waals surface area contributed by atoms with Crippen molar-refractivity contribution >= 4 is 5.91 Å². The van der Waals surface area contributed by atoms with Gasteiger partial charge < -0.3 is 9.73 Å². The van der Waals surface area contributed by atoms with Gasteiger partial charge in [0.1, 0.15) is 12.2 Å². The van der Waals surface area contributed by atoms with Crippen LogP contribution in [-0.2, 0) is 17.9 Å². The fourth-order valence-electron chi connectivity index (χ4n) is 2.46. The third kappa shape index (κ3) is 4.20. The van der Waals surface area contributed by atoms with Gasteiger partial charge in [-0.1, -0.05) is 0 Å². The monoisotopic (exact) mass is 369 g/mol. The molecule has 0 spiro atoms. The Hall–Kier alpha value is -3.49. The molecule has 0 atom stereocenters. The zero-order valence-corrected chi connectivity index (χ0v) is 15.0. The van der Waals surface area contributed by atoms with Crippen LogP contribution in [0.2, 0.25) is 0 Å². The van der Waals surface area contributed by atoms with Crippen molar-refractivity contribution in [3.63, 3.8) is 0 Å². The molecule has 0 radical (unpaired) electrons. The standard InChI is InChI=1S/C18H19N5O4/c1-12-13(2)20-11-22(18(12)26)8-7-19-16(24)10-23-17(25)6-5-14(21-23)15-4-3-9-27-15/h3-6,9,11H,7-8,10H2,1-2H3,(H,19,24). The summed E-state index contributed by atoms with van der Waals surface area (Å²) in [6, 6.07) is 6.29. The summed E-state index contributed by atoms with van der Waals surface area (Å²) in [7, 11) is 0. The van der Waals surface area contributed by atoms with E-state index in [1.807, 2.05) is 0 Å². The van der Waals surface area contributed by atoms with Crippen LogP contribution in [0.5, 0.6) is 0 Å². The number of nitrogens with zero attached hydrogens (tertiary/aromatic N) is 4. The average molecular weight is 369 g/mol. The molecule has 1 amide bonds. The SMILES string of the molecule is Cc1ncn(CCNC(=O)Cn2nc(-c3ccco3)ccc2=O)c(=O)c1C. The van der Waals surface area contributed by atoms with Crippen LogP contribution in [0, 0.1) is 13.8 Å². The van der Waals surface area contributed by atoms with Crippen LogP contribution in [0.4, 0.5) is 0 Å². The Bertz CT molecular complexity index is 1070. The Labute approximate surface area is 154 Å². The molecule has 3 aromatic heterocycles. The zero-order chi connectivity index (χ0) is 19.4. The lowest BCUT2D eigenvalue weighted by molar-refractivity contribution is -0.121. The van der Waals surface area contributed by atoms with E-state index in [1.54, 1.807) is 26.0 Å². The average Bonchev–Trinajstić information content (AvgIpc) is 3.18. The molecule has 140 valence electrons. The fraction of sp³-hybridized carbons (Fsp3) is 0.278. The van der Waals surface area contributed by atoms with Gasteiger partial charge >= 0.3 is 0 Å². The van der Waals surface area contributed by atoms with E-state index in [4.69, 9.17) is 4.42 Å². The summed E-state index contributed by atoms with van der Waals surface area (Å²) >= 11 is 0. The van der Waals surface area contributed by atoms with E-state index in [0.29, 0.717) is 22.7 Å². The second-order valence-corrected chi connectivity index (χ2v) is 6.00. The molecule has 27 heavy (non-hydrogen) atoms. The molecule has 0 saturated heterocycles. The Morgan fingerprint density at radius 2 is 2.04 bits per heavy atom. The molecule has 0 aromatic carbocycles. The number of aromatic nitrogens is 4. The van der Waals surface area contributed by atoms with Gasteiger partial charge in [-0.05, 0) is 32.0 Å². The summed E-state index contributed by atoms with van der Waals surface area (Å²) in [5.74, 6) is 0.122. The summed E-state index contributed by atoms with van der Waals surface area (Å²) in [5.41, 5.74) is 1.19. The first-order valence-electron chi connectivity index (χ1n) is 8.37.